The van der Waals surface area contributed by atoms with E-state index in [9.17, 15) is 26.0 Å². The highest BCUT2D eigenvalue weighted by Crippen LogP contribution is 2.32. The number of anilines is 1. The average molecular weight is 389 g/mol. The highest BCUT2D eigenvalue weighted by Gasteiger charge is 2.31. The number of nitrogens with one attached hydrogen (secondary N) is 1. The highest BCUT2D eigenvalue weighted by molar-refractivity contribution is 7.91. The molecule has 0 aliphatic carbocycles. The largest absolute Gasteiger partial charge is 0.379 e. The summed E-state index contributed by atoms with van der Waals surface area (Å²) in [6.45, 7) is 0.402. The van der Waals surface area contributed by atoms with E-state index in [1.165, 1.54) is 18.2 Å². The van der Waals surface area contributed by atoms with Crippen LogP contribution in [0.3, 0.4) is 0 Å². The Hall–Kier alpha value is -2.13. The molecule has 140 valence electrons. The zero-order valence-electron chi connectivity index (χ0n) is 13.3. The first-order valence-electron chi connectivity index (χ1n) is 7.74. The molecular formula is C17H15F4NO3S. The smallest absolute Gasteiger partial charge is 0.341 e. The van der Waals surface area contributed by atoms with E-state index in [1.54, 1.807) is 0 Å². The molecule has 9 heteroatoms. The molecule has 0 spiro atoms. The van der Waals surface area contributed by atoms with Crippen LogP contribution in [-0.4, -0.2) is 26.8 Å². The van der Waals surface area contributed by atoms with Crippen molar-refractivity contribution >= 4 is 15.5 Å². The predicted molar refractivity (Wildman–Crippen MR) is 86.7 cm³/mol. The van der Waals surface area contributed by atoms with Crippen molar-refractivity contribution < 1.29 is 30.7 Å². The molecule has 1 aliphatic heterocycles. The van der Waals surface area contributed by atoms with Gasteiger partial charge in [0.2, 0.25) is 9.84 Å². The summed E-state index contributed by atoms with van der Waals surface area (Å²) in [5, 5.41) is 3.11. The maximum absolute atomic E-state index is 13.4. The zero-order chi connectivity index (χ0) is 18.9. The fourth-order valence-corrected chi connectivity index (χ4v) is 3.53. The second kappa shape index (κ2) is 7.24. The Morgan fingerprint density at radius 3 is 2.35 bits per heavy atom. The molecule has 0 amide bonds. The summed E-state index contributed by atoms with van der Waals surface area (Å²) < 4.78 is 80.1. The van der Waals surface area contributed by atoms with E-state index in [-0.39, 0.29) is 6.04 Å². The molecule has 0 bridgehead atoms. The van der Waals surface area contributed by atoms with Gasteiger partial charge in [0.15, 0.2) is 11.6 Å². The van der Waals surface area contributed by atoms with Crippen LogP contribution in [0, 0.1) is 11.6 Å². The fraction of sp³-hybridized carbons (Fsp3) is 0.294. The summed E-state index contributed by atoms with van der Waals surface area (Å²) in [4.78, 5) is -0.474. The number of rotatable bonds is 5. The van der Waals surface area contributed by atoms with Crippen LogP contribution in [0.4, 0.5) is 23.2 Å². The van der Waals surface area contributed by atoms with E-state index in [0.717, 1.165) is 24.3 Å². The number of ether oxygens (including phenoxy) is 1. The van der Waals surface area contributed by atoms with Crippen LogP contribution in [0.15, 0.2) is 47.4 Å². The SMILES string of the molecule is O=S(=O)(c1ccc(NC2CCOC2c2ccc(F)c(F)c2)cc1)C(F)F. The van der Waals surface area contributed by atoms with Gasteiger partial charge in [-0.1, -0.05) is 6.07 Å². The van der Waals surface area contributed by atoms with Gasteiger partial charge in [0.05, 0.1) is 10.9 Å². The summed E-state index contributed by atoms with van der Waals surface area (Å²) in [6, 6.07) is 8.18. The summed E-state index contributed by atoms with van der Waals surface area (Å²) in [7, 11) is -4.65. The summed E-state index contributed by atoms with van der Waals surface area (Å²) >= 11 is 0. The van der Waals surface area contributed by atoms with Gasteiger partial charge in [-0.15, -0.1) is 0 Å². The molecule has 2 unspecified atom stereocenters. The van der Waals surface area contributed by atoms with Crippen molar-refractivity contribution in [3.8, 4) is 0 Å². The number of sulfone groups is 1. The first-order chi connectivity index (χ1) is 12.3. The van der Waals surface area contributed by atoms with E-state index in [0.29, 0.717) is 24.3 Å². The molecule has 1 fully saturated rings. The number of hydrogen-bond donors (Lipinski definition) is 1. The first-order valence-corrected chi connectivity index (χ1v) is 9.29. The lowest BCUT2D eigenvalue weighted by molar-refractivity contribution is 0.107. The van der Waals surface area contributed by atoms with Gasteiger partial charge in [-0.05, 0) is 48.4 Å². The number of alkyl halides is 2. The maximum Gasteiger partial charge on any atom is 0.341 e. The molecule has 1 saturated heterocycles. The van der Waals surface area contributed by atoms with Crippen molar-refractivity contribution in [2.75, 3.05) is 11.9 Å². The quantitative estimate of drug-likeness (QED) is 0.788. The molecule has 4 nitrogen and oxygen atoms in total. The van der Waals surface area contributed by atoms with Crippen molar-refractivity contribution in [2.24, 2.45) is 0 Å². The molecule has 1 heterocycles. The lowest BCUT2D eigenvalue weighted by Gasteiger charge is -2.21. The summed E-state index contributed by atoms with van der Waals surface area (Å²) in [6.07, 6.45) is 0.0652. The van der Waals surface area contributed by atoms with Gasteiger partial charge in [0.1, 0.15) is 6.10 Å². The highest BCUT2D eigenvalue weighted by atomic mass is 32.2. The minimum Gasteiger partial charge on any atom is -0.379 e. The van der Waals surface area contributed by atoms with Gasteiger partial charge in [-0.2, -0.15) is 8.78 Å². The van der Waals surface area contributed by atoms with Crippen molar-refractivity contribution in [1.29, 1.82) is 0 Å². The maximum atomic E-state index is 13.4. The number of hydrogen-bond acceptors (Lipinski definition) is 4. The molecule has 3 rings (SSSR count). The van der Waals surface area contributed by atoms with Crippen molar-refractivity contribution in [2.45, 2.75) is 29.2 Å². The van der Waals surface area contributed by atoms with Crippen LogP contribution >= 0.6 is 0 Å². The standard InChI is InChI=1S/C17H15F4NO3S/c18-13-6-1-10(9-14(13)19)16-15(7-8-25-16)22-11-2-4-12(5-3-11)26(23,24)17(20)21/h1-6,9,15-17,22H,7-8H2. The molecular weight excluding hydrogens is 374 g/mol. The Morgan fingerprint density at radius 2 is 1.73 bits per heavy atom. The second-order valence-electron chi connectivity index (χ2n) is 5.83. The molecule has 2 aromatic rings. The zero-order valence-corrected chi connectivity index (χ0v) is 14.1. The van der Waals surface area contributed by atoms with Crippen LogP contribution in [0.1, 0.15) is 18.1 Å². The summed E-state index contributed by atoms with van der Waals surface area (Å²) in [5.41, 5.74) is 0.970. The molecule has 0 aromatic heterocycles. The van der Waals surface area contributed by atoms with Crippen LogP contribution in [0.25, 0.3) is 0 Å². The Balaban J connectivity index is 1.76. The normalized spacial score (nSPS) is 20.5. The van der Waals surface area contributed by atoms with Crippen LogP contribution < -0.4 is 5.32 Å². The van der Waals surface area contributed by atoms with Gasteiger partial charge >= 0.3 is 5.76 Å². The Bertz CT molecular complexity index is 887. The first kappa shape index (κ1) is 18.7. The molecule has 0 radical (unpaired) electrons. The monoisotopic (exact) mass is 389 g/mol. The van der Waals surface area contributed by atoms with Gasteiger partial charge in [0.25, 0.3) is 0 Å². The average Bonchev–Trinajstić information content (AvgIpc) is 3.06. The molecule has 2 atom stereocenters. The number of benzene rings is 2. The number of halogens is 4. The Labute approximate surface area is 147 Å². The van der Waals surface area contributed by atoms with Crippen molar-refractivity contribution in [3.63, 3.8) is 0 Å². The molecule has 1 N–H and O–H groups in total. The van der Waals surface area contributed by atoms with Gasteiger partial charge in [0, 0.05) is 12.3 Å². The van der Waals surface area contributed by atoms with Gasteiger partial charge in [-0.25, -0.2) is 17.2 Å². The third kappa shape index (κ3) is 3.68. The Morgan fingerprint density at radius 1 is 1.04 bits per heavy atom. The fourth-order valence-electron chi connectivity index (χ4n) is 2.81. The predicted octanol–water partition coefficient (Wildman–Crippen LogP) is 3.90. The minimum absolute atomic E-state index is 0.266. The molecule has 1 aliphatic rings. The van der Waals surface area contributed by atoms with E-state index < -0.39 is 38.2 Å². The summed E-state index contributed by atoms with van der Waals surface area (Å²) in [5.74, 6) is -5.41. The van der Waals surface area contributed by atoms with Crippen LogP contribution in [-0.2, 0) is 14.6 Å². The molecule has 2 aromatic carbocycles. The lowest BCUT2D eigenvalue weighted by atomic mass is 10.0. The van der Waals surface area contributed by atoms with Crippen molar-refractivity contribution in [3.05, 3.63) is 59.7 Å². The minimum atomic E-state index is -4.65. The molecule has 26 heavy (non-hydrogen) atoms. The third-order valence-corrected chi connectivity index (χ3v) is 5.53. The third-order valence-electron chi connectivity index (χ3n) is 4.13. The van der Waals surface area contributed by atoms with Crippen LogP contribution in [0.5, 0.6) is 0 Å². The second-order valence-corrected chi connectivity index (χ2v) is 7.75. The topological polar surface area (TPSA) is 55.4 Å². The van der Waals surface area contributed by atoms with E-state index in [1.807, 2.05) is 0 Å². The lowest BCUT2D eigenvalue weighted by Crippen LogP contribution is -2.23. The van der Waals surface area contributed by atoms with Gasteiger partial charge in [-0.3, -0.25) is 0 Å². The Kier molecular flexibility index (Phi) is 5.19. The van der Waals surface area contributed by atoms with E-state index in [4.69, 9.17) is 4.74 Å². The van der Waals surface area contributed by atoms with Crippen molar-refractivity contribution in [1.82, 2.24) is 0 Å². The van der Waals surface area contributed by atoms with E-state index >= 15 is 0 Å². The molecule has 0 saturated carbocycles. The van der Waals surface area contributed by atoms with E-state index in [2.05, 4.69) is 5.32 Å². The van der Waals surface area contributed by atoms with Crippen LogP contribution in [0.2, 0.25) is 0 Å². The van der Waals surface area contributed by atoms with Gasteiger partial charge < -0.3 is 10.1 Å².